The van der Waals surface area contributed by atoms with Crippen LogP contribution in [0.1, 0.15) is 40.8 Å². The number of rotatable bonds is 6. The number of ketones is 1. The fourth-order valence-corrected chi connectivity index (χ4v) is 4.26. The molecule has 1 heterocycles. The number of phenolic OH excluding ortho intramolecular Hbond substituents is 1. The standard InChI is InChI=1S/C28H27NO5/c1-4-34-23-7-5-6-20(15-23)26(31)24-25(19-10-12-22(30)13-11-19)29(28(33)27(24)32)16-21-14-17(2)8-9-18(21)3/h5-15,25,30-31H,4,16H2,1-3H3/b26-24+. The Morgan fingerprint density at radius 2 is 1.74 bits per heavy atom. The smallest absolute Gasteiger partial charge is 0.295 e. The first kappa shape index (κ1) is 23.1. The zero-order valence-corrected chi connectivity index (χ0v) is 19.4. The number of likely N-dealkylation sites (tertiary alicyclic amines) is 1. The summed E-state index contributed by atoms with van der Waals surface area (Å²) in [6, 6.07) is 18.3. The van der Waals surface area contributed by atoms with Crippen LogP contribution >= 0.6 is 0 Å². The minimum absolute atomic E-state index is 0.00893. The van der Waals surface area contributed by atoms with Gasteiger partial charge in [-0.15, -0.1) is 0 Å². The van der Waals surface area contributed by atoms with Gasteiger partial charge < -0.3 is 19.8 Å². The molecule has 6 heteroatoms. The second-order valence-electron chi connectivity index (χ2n) is 8.41. The largest absolute Gasteiger partial charge is 0.508 e. The molecule has 2 N–H and O–H groups in total. The number of nitrogens with zero attached hydrogens (tertiary/aromatic N) is 1. The summed E-state index contributed by atoms with van der Waals surface area (Å²) in [4.78, 5) is 28.0. The summed E-state index contributed by atoms with van der Waals surface area (Å²) in [5.74, 6) is -1.07. The summed E-state index contributed by atoms with van der Waals surface area (Å²) in [5.41, 5.74) is 3.98. The molecule has 3 aromatic carbocycles. The normalized spacial score (nSPS) is 17.3. The van der Waals surface area contributed by atoms with Crippen LogP contribution in [0.3, 0.4) is 0 Å². The van der Waals surface area contributed by atoms with Crippen LogP contribution in [-0.4, -0.2) is 33.4 Å². The van der Waals surface area contributed by atoms with Gasteiger partial charge in [-0.3, -0.25) is 9.59 Å². The molecule has 0 aromatic heterocycles. The van der Waals surface area contributed by atoms with Gasteiger partial charge in [0.1, 0.15) is 17.3 Å². The molecule has 0 radical (unpaired) electrons. The zero-order chi connectivity index (χ0) is 24.4. The molecular formula is C28H27NO5. The third kappa shape index (κ3) is 4.39. The van der Waals surface area contributed by atoms with E-state index in [9.17, 15) is 19.8 Å². The fourth-order valence-electron chi connectivity index (χ4n) is 4.26. The van der Waals surface area contributed by atoms with Crippen molar-refractivity contribution in [1.82, 2.24) is 4.90 Å². The molecule has 4 rings (SSSR count). The summed E-state index contributed by atoms with van der Waals surface area (Å²) >= 11 is 0. The zero-order valence-electron chi connectivity index (χ0n) is 19.4. The molecule has 0 saturated carbocycles. The molecule has 1 fully saturated rings. The molecule has 1 unspecified atom stereocenters. The number of aliphatic hydroxyl groups is 1. The minimum atomic E-state index is -0.809. The van der Waals surface area contributed by atoms with Gasteiger partial charge >= 0.3 is 0 Å². The van der Waals surface area contributed by atoms with E-state index in [2.05, 4.69) is 0 Å². The number of phenols is 1. The molecule has 6 nitrogen and oxygen atoms in total. The van der Waals surface area contributed by atoms with Gasteiger partial charge in [-0.25, -0.2) is 0 Å². The Bertz CT molecular complexity index is 1280. The van der Waals surface area contributed by atoms with E-state index in [-0.39, 0.29) is 23.6 Å². The van der Waals surface area contributed by atoms with Crippen molar-refractivity contribution in [2.24, 2.45) is 0 Å². The van der Waals surface area contributed by atoms with Gasteiger partial charge in [0.15, 0.2) is 0 Å². The van der Waals surface area contributed by atoms with Crippen LogP contribution in [0.5, 0.6) is 11.5 Å². The number of aryl methyl sites for hydroxylation is 2. The Kier molecular flexibility index (Phi) is 6.41. The maximum atomic E-state index is 13.2. The lowest BCUT2D eigenvalue weighted by Gasteiger charge is -2.26. The Balaban J connectivity index is 1.86. The minimum Gasteiger partial charge on any atom is -0.508 e. The first-order valence-electron chi connectivity index (χ1n) is 11.2. The first-order valence-corrected chi connectivity index (χ1v) is 11.2. The Hall–Kier alpha value is -4.06. The lowest BCUT2D eigenvalue weighted by Crippen LogP contribution is -2.29. The SMILES string of the molecule is CCOc1cccc(/C(O)=C2\C(=O)C(=O)N(Cc3cc(C)ccc3C)C2c2ccc(O)cc2)c1. The molecule has 0 bridgehead atoms. The van der Waals surface area contributed by atoms with E-state index in [1.807, 2.05) is 39.0 Å². The van der Waals surface area contributed by atoms with Gasteiger partial charge in [-0.05, 0) is 61.7 Å². The lowest BCUT2D eigenvalue weighted by molar-refractivity contribution is -0.140. The summed E-state index contributed by atoms with van der Waals surface area (Å²) in [5, 5.41) is 21.0. The molecule has 1 aliphatic heterocycles. The number of hydrogen-bond acceptors (Lipinski definition) is 5. The van der Waals surface area contributed by atoms with Gasteiger partial charge in [0.05, 0.1) is 18.2 Å². The highest BCUT2D eigenvalue weighted by molar-refractivity contribution is 6.46. The molecular weight excluding hydrogens is 430 g/mol. The number of aliphatic hydroxyl groups excluding tert-OH is 1. The highest BCUT2D eigenvalue weighted by Gasteiger charge is 2.46. The average Bonchev–Trinajstić information content (AvgIpc) is 3.07. The third-order valence-corrected chi connectivity index (χ3v) is 6.01. The molecule has 1 atom stereocenters. The van der Waals surface area contributed by atoms with Crippen LogP contribution < -0.4 is 4.74 Å². The van der Waals surface area contributed by atoms with Gasteiger partial charge in [-0.1, -0.05) is 48.0 Å². The number of carbonyl (C=O) groups excluding carboxylic acids is 2. The Morgan fingerprint density at radius 1 is 1.00 bits per heavy atom. The van der Waals surface area contributed by atoms with Crippen LogP contribution in [0.4, 0.5) is 0 Å². The second-order valence-corrected chi connectivity index (χ2v) is 8.41. The highest BCUT2D eigenvalue weighted by atomic mass is 16.5. The van der Waals surface area contributed by atoms with Gasteiger partial charge in [-0.2, -0.15) is 0 Å². The van der Waals surface area contributed by atoms with E-state index < -0.39 is 17.7 Å². The van der Waals surface area contributed by atoms with Gasteiger partial charge in [0.2, 0.25) is 0 Å². The molecule has 3 aromatic rings. The number of ether oxygens (including phenoxy) is 1. The Morgan fingerprint density at radius 3 is 2.44 bits per heavy atom. The topological polar surface area (TPSA) is 87.1 Å². The van der Waals surface area contributed by atoms with E-state index in [0.717, 1.165) is 16.7 Å². The fraction of sp³-hybridized carbons (Fsp3) is 0.214. The van der Waals surface area contributed by atoms with Crippen molar-refractivity contribution in [3.63, 3.8) is 0 Å². The van der Waals surface area contributed by atoms with E-state index in [0.29, 0.717) is 23.5 Å². The molecule has 0 aliphatic carbocycles. The summed E-state index contributed by atoms with van der Waals surface area (Å²) < 4.78 is 5.53. The van der Waals surface area contributed by atoms with E-state index in [1.54, 1.807) is 36.4 Å². The van der Waals surface area contributed by atoms with E-state index >= 15 is 0 Å². The second kappa shape index (κ2) is 9.43. The van der Waals surface area contributed by atoms with Crippen LogP contribution in [-0.2, 0) is 16.1 Å². The molecule has 174 valence electrons. The van der Waals surface area contributed by atoms with Crippen LogP contribution in [0.25, 0.3) is 5.76 Å². The average molecular weight is 458 g/mol. The third-order valence-electron chi connectivity index (χ3n) is 6.01. The maximum Gasteiger partial charge on any atom is 0.295 e. The van der Waals surface area contributed by atoms with Crippen molar-refractivity contribution in [3.8, 4) is 11.5 Å². The summed E-state index contributed by atoms with van der Waals surface area (Å²) in [7, 11) is 0. The van der Waals surface area contributed by atoms with E-state index in [4.69, 9.17) is 4.74 Å². The van der Waals surface area contributed by atoms with Crippen molar-refractivity contribution in [2.45, 2.75) is 33.4 Å². The number of hydrogen-bond donors (Lipinski definition) is 2. The van der Waals surface area contributed by atoms with Crippen molar-refractivity contribution in [2.75, 3.05) is 6.61 Å². The molecule has 1 amide bonds. The molecule has 0 spiro atoms. The predicted octanol–water partition coefficient (Wildman–Crippen LogP) is 5.03. The molecule has 34 heavy (non-hydrogen) atoms. The van der Waals surface area contributed by atoms with Gasteiger partial charge in [0, 0.05) is 12.1 Å². The van der Waals surface area contributed by atoms with Crippen molar-refractivity contribution < 1.29 is 24.5 Å². The number of amides is 1. The van der Waals surface area contributed by atoms with Crippen molar-refractivity contribution in [1.29, 1.82) is 0 Å². The number of benzene rings is 3. The van der Waals surface area contributed by atoms with Crippen LogP contribution in [0.2, 0.25) is 0 Å². The van der Waals surface area contributed by atoms with Gasteiger partial charge in [0.25, 0.3) is 11.7 Å². The molecule has 1 saturated heterocycles. The Labute approximate surface area is 198 Å². The highest BCUT2D eigenvalue weighted by Crippen LogP contribution is 2.41. The van der Waals surface area contributed by atoms with Crippen LogP contribution in [0.15, 0.2) is 72.3 Å². The predicted molar refractivity (Wildman–Crippen MR) is 129 cm³/mol. The van der Waals surface area contributed by atoms with Crippen molar-refractivity contribution in [3.05, 3.63) is 100 Å². The lowest BCUT2D eigenvalue weighted by atomic mass is 9.94. The molecule has 1 aliphatic rings. The monoisotopic (exact) mass is 457 g/mol. The summed E-state index contributed by atoms with van der Waals surface area (Å²) in [6.45, 7) is 6.45. The quantitative estimate of drug-likeness (QED) is 0.308. The maximum absolute atomic E-state index is 13.2. The van der Waals surface area contributed by atoms with Crippen LogP contribution in [0, 0.1) is 13.8 Å². The van der Waals surface area contributed by atoms with E-state index in [1.165, 1.54) is 17.0 Å². The first-order chi connectivity index (χ1) is 16.3. The number of carbonyl (C=O) groups is 2. The number of Topliss-reactive ketones (excluding diaryl/α,β-unsaturated/α-hetero) is 1. The number of aromatic hydroxyl groups is 1. The van der Waals surface area contributed by atoms with Crippen molar-refractivity contribution >= 4 is 17.4 Å². The summed E-state index contributed by atoms with van der Waals surface area (Å²) in [6.07, 6.45) is 0.